The molecule has 0 rings (SSSR count). The van der Waals surface area contributed by atoms with E-state index in [4.69, 9.17) is 10.8 Å². The summed E-state index contributed by atoms with van der Waals surface area (Å²) in [5, 5.41) is 15.5. The first-order valence-electron chi connectivity index (χ1n) is 3.44. The van der Waals surface area contributed by atoms with Crippen molar-refractivity contribution in [2.75, 3.05) is 13.6 Å². The second-order valence-corrected chi connectivity index (χ2v) is 2.10. The van der Waals surface area contributed by atoms with Gasteiger partial charge in [-0.15, -0.1) is 0 Å². The molecule has 0 spiro atoms. The van der Waals surface area contributed by atoms with Crippen molar-refractivity contribution in [2.45, 2.75) is 18.9 Å². The van der Waals surface area contributed by atoms with Gasteiger partial charge in [-0.3, -0.25) is 0 Å². The van der Waals surface area contributed by atoms with Gasteiger partial charge in [0.2, 0.25) is 0 Å². The molecule has 5 nitrogen and oxygen atoms in total. The van der Waals surface area contributed by atoms with Gasteiger partial charge in [0.15, 0.2) is 6.04 Å². The zero-order chi connectivity index (χ0) is 8.69. The topological polar surface area (TPSA) is 88.0 Å². The summed E-state index contributed by atoms with van der Waals surface area (Å²) in [6.45, 7) is 0.489. The number of aliphatic carboxylic acids is 1. The highest BCUT2D eigenvalue weighted by Crippen LogP contribution is 2.01. The number of carboxylic acids is 1. The third-order valence-electron chi connectivity index (χ3n) is 1.22. The van der Waals surface area contributed by atoms with Gasteiger partial charge < -0.3 is 10.8 Å². The molecular weight excluding hydrogens is 146 g/mol. The van der Waals surface area contributed by atoms with Gasteiger partial charge in [0.25, 0.3) is 0 Å². The number of carboxylic acid groups (broad SMARTS) is 1. The number of carbonyl (C=O) groups is 1. The highest BCUT2D eigenvalue weighted by molar-refractivity contribution is 5.73. The molecule has 0 aliphatic rings. The Labute approximate surface area is 65.3 Å². The molecule has 0 saturated heterocycles. The van der Waals surface area contributed by atoms with Crippen LogP contribution in [0.25, 0.3) is 0 Å². The summed E-state index contributed by atoms with van der Waals surface area (Å²) < 4.78 is 0. The van der Waals surface area contributed by atoms with Crippen LogP contribution in [0.1, 0.15) is 12.8 Å². The van der Waals surface area contributed by atoms with Crippen LogP contribution in [0.3, 0.4) is 0 Å². The molecule has 64 valence electrons. The molecule has 5 heteroatoms. The maximum absolute atomic E-state index is 10.4. The van der Waals surface area contributed by atoms with E-state index in [1.54, 1.807) is 0 Å². The van der Waals surface area contributed by atoms with Crippen molar-refractivity contribution in [3.8, 4) is 0 Å². The Bertz CT molecular complexity index is 147. The summed E-state index contributed by atoms with van der Waals surface area (Å²) in [7, 11) is 1.46. The van der Waals surface area contributed by atoms with Gasteiger partial charge in [-0.1, -0.05) is 0 Å². The van der Waals surface area contributed by atoms with Gasteiger partial charge in [0, 0.05) is 7.05 Å². The van der Waals surface area contributed by atoms with Gasteiger partial charge >= 0.3 is 5.97 Å². The molecule has 0 radical (unpaired) electrons. The van der Waals surface area contributed by atoms with Crippen LogP contribution in [-0.4, -0.2) is 30.7 Å². The second kappa shape index (κ2) is 5.79. The summed E-state index contributed by atoms with van der Waals surface area (Å²) in [5.74, 6) is -0.941. The summed E-state index contributed by atoms with van der Waals surface area (Å²) in [6, 6.07) is -0.719. The summed E-state index contributed by atoms with van der Waals surface area (Å²) in [6.07, 6.45) is 1.12. The first kappa shape index (κ1) is 10.0. The Morgan fingerprint density at radius 2 is 2.36 bits per heavy atom. The molecule has 0 amide bonds. The highest BCUT2D eigenvalue weighted by atomic mass is 16.4. The average Bonchev–Trinajstić information content (AvgIpc) is 1.97. The van der Waals surface area contributed by atoms with Crippen LogP contribution in [0, 0.1) is 0 Å². The standard InChI is InChI=1S/C6H13N3O2/c1-8-9-5(6(10)11)3-2-4-7/h5H,2-4,7H2,1H3,(H,10,11)/t5-/m0/s1. The molecule has 0 aromatic carbocycles. The number of rotatable bonds is 5. The van der Waals surface area contributed by atoms with Crippen LogP contribution in [0.15, 0.2) is 10.2 Å². The maximum atomic E-state index is 10.4. The zero-order valence-electron chi connectivity index (χ0n) is 6.53. The van der Waals surface area contributed by atoms with E-state index < -0.39 is 12.0 Å². The fraction of sp³-hybridized carbons (Fsp3) is 0.833. The predicted octanol–water partition coefficient (Wildman–Crippen LogP) is 0.261. The van der Waals surface area contributed by atoms with Crippen molar-refractivity contribution in [3.63, 3.8) is 0 Å². The Hall–Kier alpha value is -0.970. The van der Waals surface area contributed by atoms with E-state index in [0.29, 0.717) is 19.4 Å². The average molecular weight is 159 g/mol. The smallest absolute Gasteiger partial charge is 0.330 e. The monoisotopic (exact) mass is 159 g/mol. The predicted molar refractivity (Wildman–Crippen MR) is 40.5 cm³/mol. The van der Waals surface area contributed by atoms with E-state index in [0.717, 1.165) is 0 Å². The lowest BCUT2D eigenvalue weighted by Crippen LogP contribution is -2.18. The SMILES string of the molecule is CN=N[C@@H](CCCN)C(=O)O. The summed E-state index contributed by atoms with van der Waals surface area (Å²) >= 11 is 0. The van der Waals surface area contributed by atoms with Crippen molar-refractivity contribution < 1.29 is 9.90 Å². The molecule has 0 aliphatic heterocycles. The first-order valence-corrected chi connectivity index (χ1v) is 3.44. The maximum Gasteiger partial charge on any atom is 0.330 e. The number of azo groups is 1. The zero-order valence-corrected chi connectivity index (χ0v) is 6.53. The van der Waals surface area contributed by atoms with Gasteiger partial charge in [-0.2, -0.15) is 10.2 Å². The fourth-order valence-corrected chi connectivity index (χ4v) is 0.681. The van der Waals surface area contributed by atoms with Gasteiger partial charge in [-0.25, -0.2) is 4.79 Å². The van der Waals surface area contributed by atoms with Gasteiger partial charge in [0.05, 0.1) is 0 Å². The third-order valence-corrected chi connectivity index (χ3v) is 1.22. The van der Waals surface area contributed by atoms with E-state index >= 15 is 0 Å². The number of nitrogens with two attached hydrogens (primary N) is 1. The largest absolute Gasteiger partial charge is 0.480 e. The molecule has 11 heavy (non-hydrogen) atoms. The Balaban J connectivity index is 3.79. The van der Waals surface area contributed by atoms with Crippen LogP contribution in [-0.2, 0) is 4.79 Å². The minimum absolute atomic E-state index is 0.461. The van der Waals surface area contributed by atoms with Crippen LogP contribution >= 0.6 is 0 Å². The van der Waals surface area contributed by atoms with Crippen LogP contribution in [0.4, 0.5) is 0 Å². The second-order valence-electron chi connectivity index (χ2n) is 2.10. The number of hydrogen-bond acceptors (Lipinski definition) is 4. The molecular formula is C6H13N3O2. The molecule has 0 bridgehead atoms. The van der Waals surface area contributed by atoms with E-state index in [9.17, 15) is 4.79 Å². The van der Waals surface area contributed by atoms with E-state index in [2.05, 4.69) is 10.2 Å². The van der Waals surface area contributed by atoms with Crippen LogP contribution in [0.2, 0.25) is 0 Å². The normalized spacial score (nSPS) is 13.6. The Morgan fingerprint density at radius 1 is 1.73 bits per heavy atom. The van der Waals surface area contributed by atoms with Crippen LogP contribution in [0.5, 0.6) is 0 Å². The summed E-state index contributed by atoms with van der Waals surface area (Å²) in [4.78, 5) is 10.4. The lowest BCUT2D eigenvalue weighted by atomic mass is 10.2. The Kier molecular flexibility index (Phi) is 5.28. The van der Waals surface area contributed by atoms with Gasteiger partial charge in [-0.05, 0) is 19.4 Å². The first-order chi connectivity index (χ1) is 5.22. The fourth-order valence-electron chi connectivity index (χ4n) is 0.681. The molecule has 3 N–H and O–H groups in total. The molecule has 1 atom stereocenters. The van der Waals surface area contributed by atoms with Crippen molar-refractivity contribution in [1.82, 2.24) is 0 Å². The molecule has 0 aromatic rings. The van der Waals surface area contributed by atoms with E-state index in [1.165, 1.54) is 7.05 Å². The van der Waals surface area contributed by atoms with E-state index in [1.807, 2.05) is 0 Å². The molecule has 0 unspecified atom stereocenters. The van der Waals surface area contributed by atoms with Gasteiger partial charge in [0.1, 0.15) is 0 Å². The Morgan fingerprint density at radius 3 is 2.73 bits per heavy atom. The lowest BCUT2D eigenvalue weighted by Gasteiger charge is -2.02. The summed E-state index contributed by atoms with van der Waals surface area (Å²) in [5.41, 5.74) is 5.21. The quantitative estimate of drug-likeness (QED) is 0.564. The third kappa shape index (κ3) is 4.44. The minimum Gasteiger partial charge on any atom is -0.480 e. The number of nitrogens with zero attached hydrogens (tertiary/aromatic N) is 2. The highest BCUT2D eigenvalue weighted by Gasteiger charge is 2.14. The molecule has 0 aromatic heterocycles. The van der Waals surface area contributed by atoms with E-state index in [-0.39, 0.29) is 0 Å². The molecule has 0 fully saturated rings. The lowest BCUT2D eigenvalue weighted by molar-refractivity contribution is -0.138. The van der Waals surface area contributed by atoms with Crippen LogP contribution < -0.4 is 5.73 Å². The minimum atomic E-state index is -0.941. The van der Waals surface area contributed by atoms with Crippen molar-refractivity contribution in [1.29, 1.82) is 0 Å². The molecule has 0 aliphatic carbocycles. The molecule has 0 heterocycles. The van der Waals surface area contributed by atoms with Crippen molar-refractivity contribution >= 4 is 5.97 Å². The number of hydrogen-bond donors (Lipinski definition) is 2. The van der Waals surface area contributed by atoms with Crippen molar-refractivity contribution in [3.05, 3.63) is 0 Å². The molecule has 0 saturated carbocycles. The van der Waals surface area contributed by atoms with Crippen molar-refractivity contribution in [2.24, 2.45) is 16.0 Å².